The van der Waals surface area contributed by atoms with Crippen LogP contribution in [0.3, 0.4) is 0 Å². The van der Waals surface area contributed by atoms with E-state index in [0.717, 1.165) is 24.3 Å². The van der Waals surface area contributed by atoms with E-state index < -0.39 is 0 Å². The van der Waals surface area contributed by atoms with Gasteiger partial charge in [-0.3, -0.25) is 4.90 Å². The van der Waals surface area contributed by atoms with Crippen LogP contribution in [0.5, 0.6) is 0 Å². The second kappa shape index (κ2) is 9.53. The van der Waals surface area contributed by atoms with Crippen LogP contribution in [0.2, 0.25) is 5.02 Å². The van der Waals surface area contributed by atoms with Crippen LogP contribution in [-0.4, -0.2) is 11.7 Å². The largest absolute Gasteiger partial charge is 0.362 e. The average molecular weight is 347 g/mol. The molecule has 2 aromatic carbocycles. The summed E-state index contributed by atoms with van der Waals surface area (Å²) in [5.41, 5.74) is 2.00. The van der Waals surface area contributed by atoms with Crippen molar-refractivity contribution in [2.24, 2.45) is 0 Å². The first-order valence-electron chi connectivity index (χ1n) is 8.11. The summed E-state index contributed by atoms with van der Waals surface area (Å²) in [5.74, 6) is 0. The second-order valence-corrected chi connectivity index (χ2v) is 6.27. The van der Waals surface area contributed by atoms with Gasteiger partial charge in [-0.25, -0.2) is 0 Å². The predicted octanol–water partition coefficient (Wildman–Crippen LogP) is 5.93. The summed E-state index contributed by atoms with van der Waals surface area (Å²) in [6.45, 7) is 3.11. The molecular weight excluding hydrogens is 324 g/mol. The molecule has 0 bridgehead atoms. The number of unbranched alkanes of at least 4 members (excludes halogenated alkanes) is 3. The monoisotopic (exact) mass is 346 g/mol. The first-order valence-corrected chi connectivity index (χ1v) is 8.89. The molecule has 0 atom stereocenters. The summed E-state index contributed by atoms with van der Waals surface area (Å²) in [4.78, 5) is 2.03. The van der Waals surface area contributed by atoms with Gasteiger partial charge in [0.2, 0.25) is 0 Å². The number of nitrogens with one attached hydrogen (secondary N) is 1. The van der Waals surface area contributed by atoms with Crippen molar-refractivity contribution in [3.8, 4) is 0 Å². The maximum Gasteiger partial charge on any atom is 0.178 e. The molecule has 0 spiro atoms. The normalized spacial score (nSPS) is 10.3. The van der Waals surface area contributed by atoms with E-state index in [0.29, 0.717) is 10.1 Å². The lowest BCUT2D eigenvalue weighted by molar-refractivity contribution is 0.654. The number of anilines is 2. The maximum absolute atomic E-state index is 6.15. The van der Waals surface area contributed by atoms with Crippen LogP contribution in [0.15, 0.2) is 54.6 Å². The summed E-state index contributed by atoms with van der Waals surface area (Å²) in [6, 6.07) is 17.9. The summed E-state index contributed by atoms with van der Waals surface area (Å²) in [6.07, 6.45) is 4.87. The zero-order valence-electron chi connectivity index (χ0n) is 13.5. The summed E-state index contributed by atoms with van der Waals surface area (Å²) in [7, 11) is 0. The third-order valence-electron chi connectivity index (χ3n) is 3.59. The Kier molecular flexibility index (Phi) is 7.37. The topological polar surface area (TPSA) is 15.3 Å². The number of rotatable bonds is 7. The van der Waals surface area contributed by atoms with Crippen LogP contribution in [-0.2, 0) is 0 Å². The van der Waals surface area contributed by atoms with Gasteiger partial charge in [0.25, 0.3) is 0 Å². The van der Waals surface area contributed by atoms with Crippen molar-refractivity contribution in [3.63, 3.8) is 0 Å². The van der Waals surface area contributed by atoms with Crippen LogP contribution in [0, 0.1) is 0 Å². The van der Waals surface area contributed by atoms with Crippen molar-refractivity contribution in [2.45, 2.75) is 32.6 Å². The van der Waals surface area contributed by atoms with Gasteiger partial charge in [0.1, 0.15) is 0 Å². The van der Waals surface area contributed by atoms with Crippen LogP contribution < -0.4 is 10.2 Å². The molecule has 0 aliphatic carbocycles. The summed E-state index contributed by atoms with van der Waals surface area (Å²) < 4.78 is 0. The molecule has 122 valence electrons. The molecule has 0 unspecified atom stereocenters. The minimum Gasteiger partial charge on any atom is -0.362 e. The molecule has 0 radical (unpaired) electrons. The highest BCUT2D eigenvalue weighted by molar-refractivity contribution is 7.80. The first kappa shape index (κ1) is 17.8. The number of hydrogen-bond acceptors (Lipinski definition) is 1. The van der Waals surface area contributed by atoms with Crippen LogP contribution in [0.4, 0.5) is 11.4 Å². The smallest absolute Gasteiger partial charge is 0.178 e. The molecule has 0 fully saturated rings. The molecule has 0 saturated heterocycles. The SMILES string of the molecule is CCCCCCNC(=S)N(c1ccccc1)c1cccc(Cl)c1. The Morgan fingerprint density at radius 2 is 1.74 bits per heavy atom. The van der Waals surface area contributed by atoms with Crippen molar-refractivity contribution >= 4 is 40.3 Å². The van der Waals surface area contributed by atoms with Gasteiger partial charge in [-0.05, 0) is 49.0 Å². The van der Waals surface area contributed by atoms with E-state index in [-0.39, 0.29) is 0 Å². The standard InChI is InChI=1S/C19H23ClN2S/c1-2-3-4-8-14-21-19(23)22(17-11-6-5-7-12-17)18-13-9-10-16(20)15-18/h5-7,9-13,15H,2-4,8,14H2,1H3,(H,21,23). The van der Waals surface area contributed by atoms with E-state index in [2.05, 4.69) is 12.2 Å². The van der Waals surface area contributed by atoms with Gasteiger partial charge in [-0.2, -0.15) is 0 Å². The lowest BCUT2D eigenvalue weighted by Crippen LogP contribution is -2.37. The number of hydrogen-bond donors (Lipinski definition) is 1. The molecular formula is C19H23ClN2S. The highest BCUT2D eigenvalue weighted by Gasteiger charge is 2.14. The third kappa shape index (κ3) is 5.52. The fraction of sp³-hybridized carbons (Fsp3) is 0.316. The highest BCUT2D eigenvalue weighted by atomic mass is 35.5. The van der Waals surface area contributed by atoms with Gasteiger partial charge in [-0.1, -0.05) is 62.1 Å². The van der Waals surface area contributed by atoms with E-state index in [1.54, 1.807) is 0 Å². The Morgan fingerprint density at radius 1 is 1.00 bits per heavy atom. The van der Waals surface area contributed by atoms with Gasteiger partial charge < -0.3 is 5.32 Å². The molecule has 0 saturated carbocycles. The van der Waals surface area contributed by atoms with Gasteiger partial charge in [0.05, 0.1) is 0 Å². The lowest BCUT2D eigenvalue weighted by Gasteiger charge is -2.26. The Balaban J connectivity index is 2.12. The Bertz CT molecular complexity index is 616. The molecule has 2 rings (SSSR count). The Hall–Kier alpha value is -1.58. The molecule has 0 aromatic heterocycles. The third-order valence-corrected chi connectivity index (χ3v) is 4.15. The zero-order chi connectivity index (χ0) is 16.5. The molecule has 23 heavy (non-hydrogen) atoms. The second-order valence-electron chi connectivity index (χ2n) is 5.44. The minimum atomic E-state index is 0.703. The number of thiocarbonyl (C=S) groups is 1. The van der Waals surface area contributed by atoms with Crippen molar-refractivity contribution < 1.29 is 0 Å². The average Bonchev–Trinajstić information content (AvgIpc) is 2.56. The van der Waals surface area contributed by atoms with Crippen LogP contribution in [0.1, 0.15) is 32.6 Å². The van der Waals surface area contributed by atoms with Gasteiger partial charge >= 0.3 is 0 Å². The fourth-order valence-corrected chi connectivity index (χ4v) is 2.90. The van der Waals surface area contributed by atoms with Crippen molar-refractivity contribution in [1.82, 2.24) is 5.32 Å². The molecule has 0 heterocycles. The van der Waals surface area contributed by atoms with Gasteiger partial charge in [0, 0.05) is 22.9 Å². The quantitative estimate of drug-likeness (QED) is 0.494. The predicted molar refractivity (Wildman–Crippen MR) is 105 cm³/mol. The number of para-hydroxylation sites is 1. The van der Waals surface area contributed by atoms with E-state index in [1.165, 1.54) is 19.3 Å². The Morgan fingerprint density at radius 3 is 2.43 bits per heavy atom. The van der Waals surface area contributed by atoms with E-state index >= 15 is 0 Å². The van der Waals surface area contributed by atoms with E-state index in [9.17, 15) is 0 Å². The van der Waals surface area contributed by atoms with Gasteiger partial charge in [-0.15, -0.1) is 0 Å². The number of halogens is 1. The summed E-state index contributed by atoms with van der Waals surface area (Å²) in [5, 5.41) is 4.78. The van der Waals surface area contributed by atoms with Crippen LogP contribution >= 0.6 is 23.8 Å². The lowest BCUT2D eigenvalue weighted by atomic mass is 10.2. The highest BCUT2D eigenvalue weighted by Crippen LogP contribution is 2.27. The number of benzene rings is 2. The minimum absolute atomic E-state index is 0.703. The van der Waals surface area contributed by atoms with Crippen molar-refractivity contribution in [1.29, 1.82) is 0 Å². The summed E-state index contributed by atoms with van der Waals surface area (Å²) >= 11 is 11.8. The molecule has 2 aromatic rings. The molecule has 2 nitrogen and oxygen atoms in total. The molecule has 4 heteroatoms. The molecule has 0 aliphatic rings. The number of nitrogens with zero attached hydrogens (tertiary/aromatic N) is 1. The fourth-order valence-electron chi connectivity index (χ4n) is 2.40. The molecule has 0 aliphatic heterocycles. The van der Waals surface area contributed by atoms with E-state index in [4.69, 9.17) is 23.8 Å². The van der Waals surface area contributed by atoms with Crippen molar-refractivity contribution in [3.05, 3.63) is 59.6 Å². The zero-order valence-corrected chi connectivity index (χ0v) is 15.0. The van der Waals surface area contributed by atoms with Crippen molar-refractivity contribution in [2.75, 3.05) is 11.4 Å². The first-order chi connectivity index (χ1) is 11.2. The Labute approximate surface area is 149 Å². The van der Waals surface area contributed by atoms with Crippen LogP contribution in [0.25, 0.3) is 0 Å². The molecule has 1 N–H and O–H groups in total. The maximum atomic E-state index is 6.15. The molecule has 0 amide bonds. The van der Waals surface area contributed by atoms with E-state index in [1.807, 2.05) is 59.5 Å². The van der Waals surface area contributed by atoms with Gasteiger partial charge in [0.15, 0.2) is 5.11 Å².